The van der Waals surface area contributed by atoms with Crippen LogP contribution in [0.1, 0.15) is 18.9 Å². The van der Waals surface area contributed by atoms with Crippen LogP contribution in [0.15, 0.2) is 35.3 Å². The van der Waals surface area contributed by atoms with Gasteiger partial charge in [-0.1, -0.05) is 28.9 Å². The molecule has 2 nitrogen and oxygen atoms in total. The summed E-state index contributed by atoms with van der Waals surface area (Å²) in [6.45, 7) is 5.59. The van der Waals surface area contributed by atoms with Gasteiger partial charge in [0.05, 0.1) is 0 Å². The average Bonchev–Trinajstić information content (AvgIpc) is 2.21. The Balaban J connectivity index is 2.84. The summed E-state index contributed by atoms with van der Waals surface area (Å²) in [4.78, 5) is 11.4. The standard InChI is InChI=1S/C12H14BrNO/c1-3-5-12(15)14-11-7-6-10(13)8-9(11)4-2/h3,6-8H,1,4-5H2,2H3,(H,14,15). The molecule has 0 saturated carbocycles. The van der Waals surface area contributed by atoms with Gasteiger partial charge >= 0.3 is 0 Å². The van der Waals surface area contributed by atoms with Crippen molar-refractivity contribution in [3.63, 3.8) is 0 Å². The molecule has 0 aliphatic heterocycles. The normalized spacial score (nSPS) is 9.73. The fraction of sp³-hybridized carbons (Fsp3) is 0.250. The van der Waals surface area contributed by atoms with E-state index < -0.39 is 0 Å². The van der Waals surface area contributed by atoms with E-state index >= 15 is 0 Å². The second kappa shape index (κ2) is 5.71. The highest BCUT2D eigenvalue weighted by Crippen LogP contribution is 2.21. The summed E-state index contributed by atoms with van der Waals surface area (Å²) < 4.78 is 1.03. The van der Waals surface area contributed by atoms with Crippen LogP contribution in [-0.2, 0) is 11.2 Å². The molecule has 1 amide bonds. The number of rotatable bonds is 4. The first-order chi connectivity index (χ1) is 7.17. The molecule has 1 N–H and O–H groups in total. The Morgan fingerprint density at radius 3 is 2.93 bits per heavy atom. The van der Waals surface area contributed by atoms with Crippen LogP contribution in [0, 0.1) is 0 Å². The summed E-state index contributed by atoms with van der Waals surface area (Å²) in [7, 11) is 0. The molecular formula is C12H14BrNO. The molecule has 0 fully saturated rings. The smallest absolute Gasteiger partial charge is 0.228 e. The van der Waals surface area contributed by atoms with Crippen LogP contribution in [0.2, 0.25) is 0 Å². The Kier molecular flexibility index (Phi) is 4.56. The van der Waals surface area contributed by atoms with Crippen molar-refractivity contribution >= 4 is 27.5 Å². The lowest BCUT2D eigenvalue weighted by molar-refractivity contribution is -0.115. The summed E-state index contributed by atoms with van der Waals surface area (Å²) in [6.07, 6.45) is 2.84. The lowest BCUT2D eigenvalue weighted by Gasteiger charge is -2.09. The summed E-state index contributed by atoms with van der Waals surface area (Å²) in [5.41, 5.74) is 2.01. The molecule has 0 bridgehead atoms. The van der Waals surface area contributed by atoms with Gasteiger partial charge in [0.15, 0.2) is 0 Å². The number of carbonyl (C=O) groups is 1. The number of hydrogen-bond acceptors (Lipinski definition) is 1. The number of carbonyl (C=O) groups excluding carboxylic acids is 1. The summed E-state index contributed by atoms with van der Waals surface area (Å²) in [5.74, 6) is -0.0259. The molecule has 0 radical (unpaired) electrons. The van der Waals surface area contributed by atoms with E-state index in [4.69, 9.17) is 0 Å². The monoisotopic (exact) mass is 267 g/mol. The van der Waals surface area contributed by atoms with Gasteiger partial charge < -0.3 is 5.32 Å². The van der Waals surface area contributed by atoms with Crippen molar-refractivity contribution in [1.82, 2.24) is 0 Å². The maximum absolute atomic E-state index is 11.4. The van der Waals surface area contributed by atoms with E-state index in [-0.39, 0.29) is 5.91 Å². The maximum Gasteiger partial charge on any atom is 0.228 e. The topological polar surface area (TPSA) is 29.1 Å². The highest BCUT2D eigenvalue weighted by Gasteiger charge is 2.04. The van der Waals surface area contributed by atoms with Crippen LogP contribution >= 0.6 is 15.9 Å². The van der Waals surface area contributed by atoms with Crippen LogP contribution in [0.5, 0.6) is 0 Å². The lowest BCUT2D eigenvalue weighted by Crippen LogP contribution is -2.11. The highest BCUT2D eigenvalue weighted by molar-refractivity contribution is 9.10. The fourth-order valence-electron chi connectivity index (χ4n) is 1.31. The Hall–Kier alpha value is -1.09. The van der Waals surface area contributed by atoms with Crippen molar-refractivity contribution in [2.45, 2.75) is 19.8 Å². The summed E-state index contributed by atoms with van der Waals surface area (Å²) >= 11 is 3.41. The van der Waals surface area contributed by atoms with E-state index in [1.165, 1.54) is 0 Å². The van der Waals surface area contributed by atoms with E-state index in [1.807, 2.05) is 18.2 Å². The van der Waals surface area contributed by atoms with Gasteiger partial charge in [-0.3, -0.25) is 4.79 Å². The molecule has 0 saturated heterocycles. The number of nitrogens with one attached hydrogen (secondary N) is 1. The Labute approximate surface area is 98.5 Å². The molecule has 0 aliphatic carbocycles. The van der Waals surface area contributed by atoms with E-state index in [0.717, 1.165) is 22.1 Å². The van der Waals surface area contributed by atoms with Gasteiger partial charge in [-0.15, -0.1) is 6.58 Å². The second-order valence-corrected chi connectivity index (χ2v) is 4.11. The van der Waals surface area contributed by atoms with Gasteiger partial charge in [0.2, 0.25) is 5.91 Å². The highest BCUT2D eigenvalue weighted by atomic mass is 79.9. The van der Waals surface area contributed by atoms with Crippen LogP contribution < -0.4 is 5.32 Å². The first kappa shape index (κ1) is 12.0. The predicted molar refractivity (Wildman–Crippen MR) is 67.0 cm³/mol. The molecule has 0 atom stereocenters. The number of amides is 1. The molecular weight excluding hydrogens is 254 g/mol. The predicted octanol–water partition coefficient (Wildman–Crippen LogP) is 3.53. The Bertz CT molecular complexity index is 374. The molecule has 0 spiro atoms. The van der Waals surface area contributed by atoms with Crippen molar-refractivity contribution in [2.75, 3.05) is 5.32 Å². The molecule has 0 aliphatic rings. The van der Waals surface area contributed by atoms with Crippen molar-refractivity contribution in [1.29, 1.82) is 0 Å². The molecule has 15 heavy (non-hydrogen) atoms. The zero-order valence-electron chi connectivity index (χ0n) is 8.72. The molecule has 80 valence electrons. The molecule has 1 rings (SSSR count). The van der Waals surface area contributed by atoms with E-state index in [9.17, 15) is 4.79 Å². The Morgan fingerprint density at radius 2 is 2.33 bits per heavy atom. The van der Waals surface area contributed by atoms with Crippen LogP contribution in [-0.4, -0.2) is 5.91 Å². The van der Waals surface area contributed by atoms with E-state index in [2.05, 4.69) is 34.7 Å². The largest absolute Gasteiger partial charge is 0.326 e. The fourth-order valence-corrected chi connectivity index (χ4v) is 1.72. The molecule has 0 unspecified atom stereocenters. The van der Waals surface area contributed by atoms with Gasteiger partial charge in [0.25, 0.3) is 0 Å². The number of anilines is 1. The van der Waals surface area contributed by atoms with Crippen molar-refractivity contribution in [3.8, 4) is 0 Å². The zero-order chi connectivity index (χ0) is 11.3. The van der Waals surface area contributed by atoms with Crippen LogP contribution in [0.3, 0.4) is 0 Å². The summed E-state index contributed by atoms with van der Waals surface area (Å²) in [5, 5.41) is 2.86. The molecule has 1 aromatic carbocycles. The third kappa shape index (κ3) is 3.51. The summed E-state index contributed by atoms with van der Waals surface area (Å²) in [6, 6.07) is 5.84. The number of hydrogen-bond donors (Lipinski definition) is 1. The second-order valence-electron chi connectivity index (χ2n) is 3.20. The van der Waals surface area contributed by atoms with Crippen molar-refractivity contribution < 1.29 is 4.79 Å². The van der Waals surface area contributed by atoms with Gasteiger partial charge in [-0.25, -0.2) is 0 Å². The molecule has 0 heterocycles. The first-order valence-electron chi connectivity index (χ1n) is 4.86. The van der Waals surface area contributed by atoms with Crippen LogP contribution in [0.25, 0.3) is 0 Å². The number of halogens is 1. The molecule has 0 aromatic heterocycles. The minimum Gasteiger partial charge on any atom is -0.326 e. The van der Waals surface area contributed by atoms with Gasteiger partial charge in [-0.2, -0.15) is 0 Å². The van der Waals surface area contributed by atoms with Gasteiger partial charge in [-0.05, 0) is 30.2 Å². The molecule has 1 aromatic rings. The maximum atomic E-state index is 11.4. The number of benzene rings is 1. The van der Waals surface area contributed by atoms with Crippen molar-refractivity contribution in [3.05, 3.63) is 40.9 Å². The quantitative estimate of drug-likeness (QED) is 0.831. The first-order valence-corrected chi connectivity index (χ1v) is 5.65. The minimum absolute atomic E-state index is 0.0259. The lowest BCUT2D eigenvalue weighted by atomic mass is 10.1. The SMILES string of the molecule is C=CCC(=O)Nc1ccc(Br)cc1CC. The number of aryl methyl sites for hydroxylation is 1. The average molecular weight is 268 g/mol. The third-order valence-corrected chi connectivity index (χ3v) is 2.55. The minimum atomic E-state index is -0.0259. The third-order valence-electron chi connectivity index (χ3n) is 2.05. The van der Waals surface area contributed by atoms with Gasteiger partial charge in [0, 0.05) is 16.6 Å². The van der Waals surface area contributed by atoms with Crippen LogP contribution in [0.4, 0.5) is 5.69 Å². The zero-order valence-corrected chi connectivity index (χ0v) is 10.3. The van der Waals surface area contributed by atoms with Gasteiger partial charge in [0.1, 0.15) is 0 Å². The van der Waals surface area contributed by atoms with E-state index in [0.29, 0.717) is 6.42 Å². The molecule has 3 heteroatoms. The van der Waals surface area contributed by atoms with E-state index in [1.54, 1.807) is 6.08 Å². The van der Waals surface area contributed by atoms with Crippen molar-refractivity contribution in [2.24, 2.45) is 0 Å². The Morgan fingerprint density at radius 1 is 1.60 bits per heavy atom.